The zero-order valence-electron chi connectivity index (χ0n) is 7.83. The molecule has 14 heavy (non-hydrogen) atoms. The number of allylic oxidation sites excluding steroid dienone is 2. The second kappa shape index (κ2) is 3.89. The maximum absolute atomic E-state index is 12.6. The van der Waals surface area contributed by atoms with Crippen LogP contribution in [0.3, 0.4) is 0 Å². The van der Waals surface area contributed by atoms with Crippen LogP contribution in [0.5, 0.6) is 0 Å². The van der Waals surface area contributed by atoms with Gasteiger partial charge in [-0.25, -0.2) is 4.39 Å². The number of likely N-dealkylation sites (tertiary alicyclic amines) is 1. The molecule has 1 saturated heterocycles. The molecule has 0 saturated carbocycles. The Morgan fingerprint density at radius 1 is 1.36 bits per heavy atom. The molecule has 1 unspecified atom stereocenters. The molecule has 3 atom stereocenters. The van der Waals surface area contributed by atoms with Crippen LogP contribution in [0, 0.1) is 11.8 Å². The van der Waals surface area contributed by atoms with Gasteiger partial charge in [-0.15, -0.1) is 0 Å². The molecule has 2 aliphatic rings. The highest BCUT2D eigenvalue weighted by Gasteiger charge is 2.36. The fourth-order valence-electron chi connectivity index (χ4n) is 2.33. The molecule has 0 aromatic rings. The van der Waals surface area contributed by atoms with Crippen LogP contribution in [-0.4, -0.2) is 29.5 Å². The van der Waals surface area contributed by atoms with Crippen molar-refractivity contribution in [2.45, 2.75) is 18.5 Å². The molecule has 2 rings (SSSR count). The lowest BCUT2D eigenvalue weighted by Gasteiger charge is -2.17. The first-order chi connectivity index (χ1) is 6.68. The number of hydrogen-bond donors (Lipinski definition) is 0. The second-order valence-corrected chi connectivity index (χ2v) is 4.39. The Bertz CT molecular complexity index is 251. The number of carbonyl (C=O) groups excluding carboxylic acids is 1. The van der Waals surface area contributed by atoms with Crippen molar-refractivity contribution in [3.05, 3.63) is 12.2 Å². The molecule has 1 heterocycles. The highest BCUT2D eigenvalue weighted by atomic mass is 35.5. The summed E-state index contributed by atoms with van der Waals surface area (Å²) in [5.41, 5.74) is -1.87. The fourth-order valence-corrected chi connectivity index (χ4v) is 2.47. The summed E-state index contributed by atoms with van der Waals surface area (Å²) < 4.78 is 12.6. The molecule has 0 aromatic carbocycles. The summed E-state index contributed by atoms with van der Waals surface area (Å²) in [6, 6.07) is 0. The Balaban J connectivity index is 1.98. The Morgan fingerprint density at radius 3 is 2.29 bits per heavy atom. The standard InChI is InChI=1S/C10H13ClFNO/c11-9(12)10(14)13-5-7-3-1-2-4-8(7)6-13/h1-2,7-9H,3-6H2/t7-,8+,9?. The third kappa shape index (κ3) is 1.78. The summed E-state index contributed by atoms with van der Waals surface area (Å²) in [6.45, 7) is 1.34. The van der Waals surface area contributed by atoms with Gasteiger partial charge in [0.15, 0.2) is 0 Å². The van der Waals surface area contributed by atoms with Crippen LogP contribution >= 0.6 is 11.6 Å². The maximum atomic E-state index is 12.6. The van der Waals surface area contributed by atoms with Crippen molar-refractivity contribution in [2.75, 3.05) is 13.1 Å². The zero-order chi connectivity index (χ0) is 10.1. The molecule has 1 aliphatic carbocycles. The van der Waals surface area contributed by atoms with E-state index >= 15 is 0 Å². The van der Waals surface area contributed by atoms with E-state index < -0.39 is 11.5 Å². The Morgan fingerprint density at radius 2 is 1.86 bits per heavy atom. The van der Waals surface area contributed by atoms with Crippen molar-refractivity contribution in [3.63, 3.8) is 0 Å². The van der Waals surface area contributed by atoms with Gasteiger partial charge in [-0.2, -0.15) is 0 Å². The zero-order valence-corrected chi connectivity index (χ0v) is 8.58. The number of nitrogens with zero attached hydrogens (tertiary/aromatic N) is 1. The van der Waals surface area contributed by atoms with Crippen LogP contribution in [0.2, 0.25) is 0 Å². The van der Waals surface area contributed by atoms with Crippen LogP contribution in [-0.2, 0) is 4.79 Å². The molecule has 1 amide bonds. The van der Waals surface area contributed by atoms with Gasteiger partial charge in [-0.1, -0.05) is 23.8 Å². The predicted molar refractivity (Wildman–Crippen MR) is 52.7 cm³/mol. The molecule has 1 fully saturated rings. The van der Waals surface area contributed by atoms with Crippen LogP contribution in [0.15, 0.2) is 12.2 Å². The smallest absolute Gasteiger partial charge is 0.272 e. The molecule has 1 aliphatic heterocycles. The van der Waals surface area contributed by atoms with E-state index in [9.17, 15) is 9.18 Å². The molecule has 0 spiro atoms. The van der Waals surface area contributed by atoms with E-state index in [1.165, 1.54) is 0 Å². The summed E-state index contributed by atoms with van der Waals surface area (Å²) in [7, 11) is 0. The van der Waals surface area contributed by atoms with Gasteiger partial charge in [-0.3, -0.25) is 4.79 Å². The fraction of sp³-hybridized carbons (Fsp3) is 0.700. The molecule has 78 valence electrons. The number of fused-ring (bicyclic) bond motifs is 1. The number of halogens is 2. The average molecular weight is 218 g/mol. The Hall–Kier alpha value is -0.570. The number of rotatable bonds is 1. The topological polar surface area (TPSA) is 20.3 Å². The highest BCUT2D eigenvalue weighted by Crippen LogP contribution is 2.33. The van der Waals surface area contributed by atoms with E-state index in [4.69, 9.17) is 11.6 Å². The molecule has 0 radical (unpaired) electrons. The quantitative estimate of drug-likeness (QED) is 0.486. The van der Waals surface area contributed by atoms with Crippen LogP contribution < -0.4 is 0 Å². The van der Waals surface area contributed by atoms with E-state index in [2.05, 4.69) is 12.2 Å². The van der Waals surface area contributed by atoms with E-state index in [1.807, 2.05) is 0 Å². The van der Waals surface area contributed by atoms with Gasteiger partial charge in [0, 0.05) is 13.1 Å². The second-order valence-electron chi connectivity index (χ2n) is 4.01. The van der Waals surface area contributed by atoms with Gasteiger partial charge in [0.05, 0.1) is 0 Å². The van der Waals surface area contributed by atoms with Crippen LogP contribution in [0.1, 0.15) is 12.8 Å². The maximum Gasteiger partial charge on any atom is 0.272 e. The van der Waals surface area contributed by atoms with Crippen LogP contribution in [0.25, 0.3) is 0 Å². The largest absolute Gasteiger partial charge is 0.338 e. The van der Waals surface area contributed by atoms with Crippen molar-refractivity contribution in [3.8, 4) is 0 Å². The SMILES string of the molecule is O=C(C(F)Cl)N1C[C@H]2CC=CC[C@H]2C1. The molecular formula is C10H13ClFNO. The molecule has 2 nitrogen and oxygen atoms in total. The van der Waals surface area contributed by atoms with Crippen molar-refractivity contribution in [1.29, 1.82) is 0 Å². The predicted octanol–water partition coefficient (Wildman–Crippen LogP) is 1.95. The van der Waals surface area contributed by atoms with Gasteiger partial charge in [0.1, 0.15) is 0 Å². The number of amides is 1. The highest BCUT2D eigenvalue weighted by molar-refractivity contribution is 6.29. The van der Waals surface area contributed by atoms with Gasteiger partial charge >= 0.3 is 0 Å². The van der Waals surface area contributed by atoms with Gasteiger partial charge < -0.3 is 4.90 Å². The van der Waals surface area contributed by atoms with E-state index in [1.54, 1.807) is 4.90 Å². The lowest BCUT2D eigenvalue weighted by atomic mass is 9.86. The summed E-state index contributed by atoms with van der Waals surface area (Å²) in [5.74, 6) is 0.458. The van der Waals surface area contributed by atoms with Crippen molar-refractivity contribution in [1.82, 2.24) is 4.90 Å². The van der Waals surface area contributed by atoms with Crippen LogP contribution in [0.4, 0.5) is 4.39 Å². The normalized spacial score (nSPS) is 32.9. The van der Waals surface area contributed by atoms with Crippen molar-refractivity contribution < 1.29 is 9.18 Å². The number of hydrogen-bond acceptors (Lipinski definition) is 1. The Labute approximate surface area is 87.7 Å². The summed E-state index contributed by atoms with van der Waals surface area (Å²) in [5, 5.41) is 0. The minimum absolute atomic E-state index is 0.513. The average Bonchev–Trinajstić information content (AvgIpc) is 2.59. The lowest BCUT2D eigenvalue weighted by Crippen LogP contribution is -2.33. The molecular weight excluding hydrogens is 205 g/mol. The van der Waals surface area contributed by atoms with E-state index in [-0.39, 0.29) is 0 Å². The molecule has 4 heteroatoms. The first kappa shape index (κ1) is 9.97. The molecule has 0 N–H and O–H groups in total. The van der Waals surface area contributed by atoms with Crippen molar-refractivity contribution >= 4 is 17.5 Å². The molecule has 0 aromatic heterocycles. The van der Waals surface area contributed by atoms with Gasteiger partial charge in [0.2, 0.25) is 0 Å². The third-order valence-corrected chi connectivity index (χ3v) is 3.31. The minimum atomic E-state index is -1.87. The van der Waals surface area contributed by atoms with E-state index in [0.717, 1.165) is 12.8 Å². The van der Waals surface area contributed by atoms with Crippen molar-refractivity contribution in [2.24, 2.45) is 11.8 Å². The number of alkyl halides is 2. The summed E-state index contributed by atoms with van der Waals surface area (Å²) >= 11 is 5.13. The number of carbonyl (C=O) groups is 1. The van der Waals surface area contributed by atoms with Gasteiger partial charge in [-0.05, 0) is 24.7 Å². The third-order valence-electron chi connectivity index (χ3n) is 3.12. The first-order valence-electron chi connectivity index (χ1n) is 4.90. The summed E-state index contributed by atoms with van der Waals surface area (Å²) in [4.78, 5) is 12.8. The first-order valence-corrected chi connectivity index (χ1v) is 5.34. The van der Waals surface area contributed by atoms with E-state index in [0.29, 0.717) is 24.9 Å². The molecule has 0 bridgehead atoms. The lowest BCUT2D eigenvalue weighted by molar-refractivity contribution is -0.132. The summed E-state index contributed by atoms with van der Waals surface area (Å²) in [6.07, 6.45) is 6.30. The Kier molecular flexibility index (Phi) is 2.77. The monoisotopic (exact) mass is 217 g/mol. The van der Waals surface area contributed by atoms with Gasteiger partial charge in [0.25, 0.3) is 11.5 Å². The minimum Gasteiger partial charge on any atom is -0.338 e.